The third kappa shape index (κ3) is 3.01. The Labute approximate surface area is 118 Å². The first-order valence-electron chi connectivity index (χ1n) is 6.70. The Kier molecular flexibility index (Phi) is 4.12. The van der Waals surface area contributed by atoms with Crippen molar-refractivity contribution >= 4 is 11.6 Å². The van der Waals surface area contributed by atoms with Crippen molar-refractivity contribution in [2.75, 3.05) is 5.73 Å². The Balaban J connectivity index is 2.05. The van der Waals surface area contributed by atoms with E-state index in [1.54, 1.807) is 18.5 Å². The van der Waals surface area contributed by atoms with E-state index in [-0.39, 0.29) is 18.5 Å². The molecule has 6 heteroatoms. The van der Waals surface area contributed by atoms with Crippen molar-refractivity contribution in [1.29, 1.82) is 0 Å². The van der Waals surface area contributed by atoms with E-state index in [0.29, 0.717) is 17.3 Å². The quantitative estimate of drug-likeness (QED) is 0.876. The molecule has 108 valence electrons. The fourth-order valence-electron chi connectivity index (χ4n) is 1.95. The van der Waals surface area contributed by atoms with Gasteiger partial charge in [-0.05, 0) is 19.9 Å². The summed E-state index contributed by atoms with van der Waals surface area (Å²) >= 11 is 0. The molecular formula is C14H20N4O2. The predicted molar refractivity (Wildman–Crippen MR) is 76.3 cm³/mol. The summed E-state index contributed by atoms with van der Waals surface area (Å²) in [5.41, 5.74) is 6.87. The van der Waals surface area contributed by atoms with Crippen molar-refractivity contribution in [2.45, 2.75) is 39.8 Å². The Bertz CT molecular complexity index is 598. The molecule has 0 aliphatic rings. The van der Waals surface area contributed by atoms with Crippen molar-refractivity contribution < 1.29 is 9.21 Å². The number of hydrogen-bond acceptors (Lipinski definition) is 4. The second-order valence-corrected chi connectivity index (χ2v) is 4.92. The fraction of sp³-hybridized carbons (Fsp3) is 0.429. The largest absolute Gasteiger partial charge is 0.444 e. The van der Waals surface area contributed by atoms with E-state index in [1.807, 2.05) is 25.3 Å². The third-order valence-corrected chi connectivity index (χ3v) is 3.01. The first kappa shape index (κ1) is 14.2. The number of nitrogens with zero attached hydrogens (tertiary/aromatic N) is 2. The van der Waals surface area contributed by atoms with Gasteiger partial charge in [-0.25, -0.2) is 4.98 Å². The van der Waals surface area contributed by atoms with Gasteiger partial charge >= 0.3 is 0 Å². The maximum absolute atomic E-state index is 12.2. The van der Waals surface area contributed by atoms with Crippen LogP contribution in [-0.2, 0) is 13.0 Å². The molecule has 1 amide bonds. The summed E-state index contributed by atoms with van der Waals surface area (Å²) < 4.78 is 7.29. The second-order valence-electron chi connectivity index (χ2n) is 4.92. The molecule has 2 aromatic heterocycles. The molecule has 0 aromatic carbocycles. The molecule has 0 bridgehead atoms. The van der Waals surface area contributed by atoms with Crippen molar-refractivity contribution in [3.05, 3.63) is 35.8 Å². The van der Waals surface area contributed by atoms with Gasteiger partial charge in [0.1, 0.15) is 11.5 Å². The summed E-state index contributed by atoms with van der Waals surface area (Å²) in [7, 11) is 0. The number of aryl methyl sites for hydroxylation is 1. The van der Waals surface area contributed by atoms with Crippen LogP contribution in [0.1, 0.15) is 49.0 Å². The third-order valence-electron chi connectivity index (χ3n) is 3.01. The Hall–Kier alpha value is -2.24. The second kappa shape index (κ2) is 5.81. The topological polar surface area (TPSA) is 86.1 Å². The lowest BCUT2D eigenvalue weighted by Crippen LogP contribution is -2.26. The average Bonchev–Trinajstić information content (AvgIpc) is 3.02. The number of oxazole rings is 1. The van der Waals surface area contributed by atoms with E-state index < -0.39 is 0 Å². The van der Waals surface area contributed by atoms with Crippen molar-refractivity contribution in [2.24, 2.45) is 0 Å². The number of nitrogens with two attached hydrogens (primary N) is 1. The molecule has 2 heterocycles. The maximum atomic E-state index is 12.2. The molecule has 0 aliphatic carbocycles. The number of carbonyl (C=O) groups excluding carboxylic acids is 1. The highest BCUT2D eigenvalue weighted by Gasteiger charge is 2.15. The average molecular weight is 276 g/mol. The molecule has 0 spiro atoms. The van der Waals surface area contributed by atoms with Crippen LogP contribution in [0.2, 0.25) is 0 Å². The molecule has 0 saturated heterocycles. The molecule has 6 nitrogen and oxygen atoms in total. The van der Waals surface area contributed by atoms with Gasteiger partial charge in [0, 0.05) is 18.7 Å². The molecule has 0 radical (unpaired) electrons. The molecule has 0 unspecified atom stereocenters. The monoisotopic (exact) mass is 276 g/mol. The maximum Gasteiger partial charge on any atom is 0.268 e. The van der Waals surface area contributed by atoms with Gasteiger partial charge in [0.05, 0.1) is 18.4 Å². The van der Waals surface area contributed by atoms with Crippen LogP contribution in [-0.4, -0.2) is 15.5 Å². The van der Waals surface area contributed by atoms with Crippen LogP contribution in [0, 0.1) is 0 Å². The zero-order valence-corrected chi connectivity index (χ0v) is 12.0. The lowest BCUT2D eigenvalue weighted by atomic mass is 10.3. The van der Waals surface area contributed by atoms with Gasteiger partial charge in [-0.1, -0.05) is 6.92 Å². The molecule has 2 rings (SSSR count). The van der Waals surface area contributed by atoms with Crippen molar-refractivity contribution in [3.63, 3.8) is 0 Å². The minimum absolute atomic E-state index is 0.168. The molecule has 0 saturated carbocycles. The van der Waals surface area contributed by atoms with E-state index in [1.165, 1.54) is 0 Å². The van der Waals surface area contributed by atoms with E-state index in [2.05, 4.69) is 10.3 Å². The van der Waals surface area contributed by atoms with Gasteiger partial charge in [0.15, 0.2) is 0 Å². The molecule has 20 heavy (non-hydrogen) atoms. The summed E-state index contributed by atoms with van der Waals surface area (Å²) in [5, 5.41) is 2.79. The van der Waals surface area contributed by atoms with Crippen LogP contribution in [0.5, 0.6) is 0 Å². The SMILES string of the molecule is CCc1cnc(CNC(=O)c2cc(N)cn2C(C)C)o1. The minimum Gasteiger partial charge on any atom is -0.444 e. The highest BCUT2D eigenvalue weighted by molar-refractivity contribution is 5.93. The van der Waals surface area contributed by atoms with Gasteiger partial charge in [-0.2, -0.15) is 0 Å². The Morgan fingerprint density at radius 2 is 2.30 bits per heavy atom. The zero-order chi connectivity index (χ0) is 14.7. The summed E-state index contributed by atoms with van der Waals surface area (Å²) in [6.45, 7) is 6.25. The van der Waals surface area contributed by atoms with Gasteiger partial charge < -0.3 is 20.0 Å². The number of nitrogens with one attached hydrogen (secondary N) is 1. The summed E-state index contributed by atoms with van der Waals surface area (Å²) in [6, 6.07) is 1.84. The predicted octanol–water partition coefficient (Wildman–Crippen LogP) is 2.13. The number of rotatable bonds is 5. The van der Waals surface area contributed by atoms with Gasteiger partial charge in [-0.3, -0.25) is 4.79 Å². The van der Waals surface area contributed by atoms with Crippen molar-refractivity contribution in [1.82, 2.24) is 14.9 Å². The first-order valence-corrected chi connectivity index (χ1v) is 6.70. The molecular weight excluding hydrogens is 256 g/mol. The molecule has 2 aromatic rings. The summed E-state index contributed by atoms with van der Waals surface area (Å²) in [5.74, 6) is 1.13. The fourth-order valence-corrected chi connectivity index (χ4v) is 1.95. The molecule has 0 atom stereocenters. The van der Waals surface area contributed by atoms with Crippen LogP contribution < -0.4 is 11.1 Å². The van der Waals surface area contributed by atoms with Crippen LogP contribution >= 0.6 is 0 Å². The Morgan fingerprint density at radius 3 is 2.90 bits per heavy atom. The van der Waals surface area contributed by atoms with Gasteiger partial charge in [0.2, 0.25) is 5.89 Å². The normalized spacial score (nSPS) is 11.0. The lowest BCUT2D eigenvalue weighted by Gasteiger charge is -2.12. The lowest BCUT2D eigenvalue weighted by molar-refractivity contribution is 0.0936. The summed E-state index contributed by atoms with van der Waals surface area (Å²) in [6.07, 6.45) is 4.23. The number of carbonyl (C=O) groups is 1. The van der Waals surface area contributed by atoms with E-state index in [4.69, 9.17) is 10.2 Å². The first-order chi connectivity index (χ1) is 9.51. The number of amides is 1. The highest BCUT2D eigenvalue weighted by Crippen LogP contribution is 2.16. The number of hydrogen-bond donors (Lipinski definition) is 2. The number of anilines is 1. The van der Waals surface area contributed by atoms with Gasteiger partial charge in [0.25, 0.3) is 5.91 Å². The van der Waals surface area contributed by atoms with Gasteiger partial charge in [-0.15, -0.1) is 0 Å². The van der Waals surface area contributed by atoms with E-state index >= 15 is 0 Å². The summed E-state index contributed by atoms with van der Waals surface area (Å²) in [4.78, 5) is 16.3. The molecule has 0 aliphatic heterocycles. The Morgan fingerprint density at radius 1 is 1.55 bits per heavy atom. The highest BCUT2D eigenvalue weighted by atomic mass is 16.4. The van der Waals surface area contributed by atoms with E-state index in [9.17, 15) is 4.79 Å². The number of aromatic nitrogens is 2. The van der Waals surface area contributed by atoms with Crippen LogP contribution in [0.25, 0.3) is 0 Å². The molecule has 3 N–H and O–H groups in total. The van der Waals surface area contributed by atoms with Crippen LogP contribution in [0.3, 0.4) is 0 Å². The number of nitrogen functional groups attached to an aromatic ring is 1. The van der Waals surface area contributed by atoms with Crippen LogP contribution in [0.4, 0.5) is 5.69 Å². The smallest absolute Gasteiger partial charge is 0.268 e. The molecule has 0 fully saturated rings. The standard InChI is InChI=1S/C14H20N4O2/c1-4-11-6-16-13(20-11)7-17-14(19)12-5-10(15)8-18(12)9(2)3/h5-6,8-9H,4,7,15H2,1-3H3,(H,17,19). The zero-order valence-electron chi connectivity index (χ0n) is 12.0. The minimum atomic E-state index is -0.188. The van der Waals surface area contributed by atoms with E-state index in [0.717, 1.165) is 12.2 Å². The van der Waals surface area contributed by atoms with Crippen LogP contribution in [0.15, 0.2) is 22.9 Å². The van der Waals surface area contributed by atoms with Crippen molar-refractivity contribution in [3.8, 4) is 0 Å².